The van der Waals surface area contributed by atoms with E-state index in [4.69, 9.17) is 11.6 Å². The maximum atomic E-state index is 12.7. The summed E-state index contributed by atoms with van der Waals surface area (Å²) in [5.41, 5.74) is 1.04. The summed E-state index contributed by atoms with van der Waals surface area (Å²) in [5, 5.41) is 6.37. The predicted octanol–water partition coefficient (Wildman–Crippen LogP) is 3.04. The van der Waals surface area contributed by atoms with Crippen molar-refractivity contribution in [3.63, 3.8) is 0 Å². The van der Waals surface area contributed by atoms with Gasteiger partial charge >= 0.3 is 0 Å². The fourth-order valence-electron chi connectivity index (χ4n) is 2.70. The number of hydrogen-bond donors (Lipinski definition) is 2. The number of anilines is 1. The molecule has 134 valence electrons. The molecule has 2 amide bonds. The molecule has 1 atom stereocenters. The van der Waals surface area contributed by atoms with E-state index in [1.165, 1.54) is 0 Å². The van der Waals surface area contributed by atoms with Crippen molar-refractivity contribution in [2.75, 3.05) is 32.0 Å². The van der Waals surface area contributed by atoms with Gasteiger partial charge in [0.15, 0.2) is 0 Å². The van der Waals surface area contributed by atoms with Crippen molar-refractivity contribution in [2.45, 2.75) is 20.3 Å². The lowest BCUT2D eigenvalue weighted by Gasteiger charge is -2.18. The van der Waals surface area contributed by atoms with Gasteiger partial charge in [-0.15, -0.1) is 12.4 Å². The Hall–Kier alpha value is -1.30. The number of halogens is 2. The molecule has 1 heterocycles. The van der Waals surface area contributed by atoms with Gasteiger partial charge in [0, 0.05) is 24.7 Å². The lowest BCUT2D eigenvalue weighted by Crippen LogP contribution is -2.30. The smallest absolute Gasteiger partial charge is 0.255 e. The van der Waals surface area contributed by atoms with Crippen LogP contribution in [0.15, 0.2) is 18.2 Å². The normalized spacial score (nSPS) is 16.9. The summed E-state index contributed by atoms with van der Waals surface area (Å²) in [6.45, 7) is 6.03. The standard InChI is InChI=1S/C17H24ClN3O2.ClH/c1-11(2)16(22)20-13-4-5-15(18)14(8-13)17(23)21-7-6-12(10-21)9-19-3;/h4-5,8,11-12,19H,6-7,9-10H2,1-3H3,(H,20,22);1H. The third-order valence-electron chi connectivity index (χ3n) is 4.05. The van der Waals surface area contributed by atoms with E-state index >= 15 is 0 Å². The first-order valence-electron chi connectivity index (χ1n) is 7.96. The van der Waals surface area contributed by atoms with E-state index in [1.807, 2.05) is 25.8 Å². The van der Waals surface area contributed by atoms with E-state index in [0.717, 1.165) is 26.1 Å². The van der Waals surface area contributed by atoms with Crippen LogP contribution in [0.25, 0.3) is 0 Å². The number of nitrogens with zero attached hydrogens (tertiary/aromatic N) is 1. The Kier molecular flexibility index (Phi) is 8.00. The molecule has 1 aromatic rings. The van der Waals surface area contributed by atoms with E-state index in [0.29, 0.717) is 22.2 Å². The van der Waals surface area contributed by atoms with Crippen molar-refractivity contribution < 1.29 is 9.59 Å². The molecule has 0 saturated carbocycles. The molecule has 1 aliphatic rings. The second-order valence-electron chi connectivity index (χ2n) is 6.30. The van der Waals surface area contributed by atoms with Crippen molar-refractivity contribution in [1.82, 2.24) is 10.2 Å². The van der Waals surface area contributed by atoms with Crippen LogP contribution in [0.2, 0.25) is 5.02 Å². The van der Waals surface area contributed by atoms with Crippen molar-refractivity contribution in [2.24, 2.45) is 11.8 Å². The van der Waals surface area contributed by atoms with Crippen molar-refractivity contribution in [3.05, 3.63) is 28.8 Å². The molecule has 0 radical (unpaired) electrons. The van der Waals surface area contributed by atoms with Crippen LogP contribution in [-0.2, 0) is 4.79 Å². The van der Waals surface area contributed by atoms with Gasteiger partial charge in [0.05, 0.1) is 10.6 Å². The summed E-state index contributed by atoms with van der Waals surface area (Å²) in [4.78, 5) is 26.3. The zero-order chi connectivity index (χ0) is 17.0. The van der Waals surface area contributed by atoms with Gasteiger partial charge in [-0.3, -0.25) is 9.59 Å². The van der Waals surface area contributed by atoms with E-state index in [9.17, 15) is 9.59 Å². The number of carbonyl (C=O) groups excluding carboxylic acids is 2. The van der Waals surface area contributed by atoms with Gasteiger partial charge in [0.1, 0.15) is 0 Å². The maximum absolute atomic E-state index is 12.7. The van der Waals surface area contributed by atoms with E-state index in [1.54, 1.807) is 18.2 Å². The van der Waals surface area contributed by atoms with Gasteiger partial charge in [-0.05, 0) is 44.1 Å². The molecule has 1 saturated heterocycles. The van der Waals surface area contributed by atoms with Crippen LogP contribution < -0.4 is 10.6 Å². The lowest BCUT2D eigenvalue weighted by atomic mass is 10.1. The molecule has 0 bridgehead atoms. The summed E-state index contributed by atoms with van der Waals surface area (Å²) < 4.78 is 0. The third-order valence-corrected chi connectivity index (χ3v) is 4.38. The second-order valence-corrected chi connectivity index (χ2v) is 6.71. The molecule has 1 unspecified atom stereocenters. The Morgan fingerprint density at radius 1 is 1.38 bits per heavy atom. The number of benzene rings is 1. The molecule has 24 heavy (non-hydrogen) atoms. The molecule has 1 aliphatic heterocycles. The van der Waals surface area contributed by atoms with Crippen molar-refractivity contribution in [3.8, 4) is 0 Å². The van der Waals surface area contributed by atoms with Crippen LogP contribution in [0.5, 0.6) is 0 Å². The van der Waals surface area contributed by atoms with Crippen LogP contribution in [0, 0.1) is 11.8 Å². The number of amides is 2. The molecule has 0 spiro atoms. The van der Waals surface area contributed by atoms with Crippen molar-refractivity contribution in [1.29, 1.82) is 0 Å². The zero-order valence-corrected chi connectivity index (χ0v) is 15.8. The second kappa shape index (κ2) is 9.25. The van der Waals surface area contributed by atoms with Gasteiger partial charge in [-0.25, -0.2) is 0 Å². The van der Waals surface area contributed by atoms with Crippen LogP contribution in [-0.4, -0.2) is 43.4 Å². The van der Waals surface area contributed by atoms with Gasteiger partial charge in [-0.2, -0.15) is 0 Å². The maximum Gasteiger partial charge on any atom is 0.255 e. The molecule has 0 aromatic heterocycles. The van der Waals surface area contributed by atoms with Crippen molar-refractivity contribution >= 4 is 41.5 Å². The Bertz CT molecular complexity index is 593. The first kappa shape index (κ1) is 20.7. The minimum Gasteiger partial charge on any atom is -0.338 e. The number of nitrogens with one attached hydrogen (secondary N) is 2. The summed E-state index contributed by atoms with van der Waals surface area (Å²) in [7, 11) is 1.92. The van der Waals surface area contributed by atoms with Crippen LogP contribution in [0.3, 0.4) is 0 Å². The molecule has 0 aliphatic carbocycles. The first-order valence-corrected chi connectivity index (χ1v) is 8.34. The summed E-state index contributed by atoms with van der Waals surface area (Å²) in [6.07, 6.45) is 0.994. The van der Waals surface area contributed by atoms with E-state index in [-0.39, 0.29) is 30.1 Å². The van der Waals surface area contributed by atoms with Crippen LogP contribution in [0.1, 0.15) is 30.6 Å². The molecule has 1 fully saturated rings. The number of hydrogen-bond acceptors (Lipinski definition) is 3. The number of likely N-dealkylation sites (tertiary alicyclic amines) is 1. The van der Waals surface area contributed by atoms with Crippen LogP contribution >= 0.6 is 24.0 Å². The Labute approximate surface area is 154 Å². The predicted molar refractivity (Wildman–Crippen MR) is 100 cm³/mol. The average molecular weight is 374 g/mol. The first-order chi connectivity index (χ1) is 10.9. The van der Waals surface area contributed by atoms with Gasteiger partial charge < -0.3 is 15.5 Å². The number of rotatable bonds is 5. The summed E-state index contributed by atoms with van der Waals surface area (Å²) >= 11 is 6.19. The lowest BCUT2D eigenvalue weighted by molar-refractivity contribution is -0.118. The Morgan fingerprint density at radius 2 is 2.08 bits per heavy atom. The van der Waals surface area contributed by atoms with Gasteiger partial charge in [-0.1, -0.05) is 25.4 Å². The summed E-state index contributed by atoms with van der Waals surface area (Å²) in [5.74, 6) is 0.201. The molecular formula is C17H25Cl2N3O2. The minimum atomic E-state index is -0.120. The van der Waals surface area contributed by atoms with Gasteiger partial charge in [0.25, 0.3) is 5.91 Å². The Morgan fingerprint density at radius 3 is 2.71 bits per heavy atom. The minimum absolute atomic E-state index is 0. The quantitative estimate of drug-likeness (QED) is 0.833. The molecule has 5 nitrogen and oxygen atoms in total. The highest BCUT2D eigenvalue weighted by atomic mass is 35.5. The molecule has 1 aromatic carbocycles. The SMILES string of the molecule is CNCC1CCN(C(=O)c2cc(NC(=O)C(C)C)ccc2Cl)C1.Cl. The van der Waals surface area contributed by atoms with E-state index < -0.39 is 0 Å². The largest absolute Gasteiger partial charge is 0.338 e. The zero-order valence-electron chi connectivity index (χ0n) is 14.3. The number of carbonyl (C=O) groups is 2. The summed E-state index contributed by atoms with van der Waals surface area (Å²) in [6, 6.07) is 5.04. The Balaban J connectivity index is 0.00000288. The molecular weight excluding hydrogens is 349 g/mol. The highest BCUT2D eigenvalue weighted by molar-refractivity contribution is 6.34. The van der Waals surface area contributed by atoms with Gasteiger partial charge in [0.2, 0.25) is 5.91 Å². The monoisotopic (exact) mass is 373 g/mol. The molecule has 7 heteroatoms. The van der Waals surface area contributed by atoms with E-state index in [2.05, 4.69) is 10.6 Å². The highest BCUT2D eigenvalue weighted by Gasteiger charge is 2.27. The average Bonchev–Trinajstić information content (AvgIpc) is 2.97. The topological polar surface area (TPSA) is 61.4 Å². The highest BCUT2D eigenvalue weighted by Crippen LogP contribution is 2.25. The fourth-order valence-corrected chi connectivity index (χ4v) is 2.89. The fraction of sp³-hybridized carbons (Fsp3) is 0.529. The van der Waals surface area contributed by atoms with Crippen LogP contribution in [0.4, 0.5) is 5.69 Å². The molecule has 2 N–H and O–H groups in total. The third kappa shape index (κ3) is 5.10. The molecule has 2 rings (SSSR count).